The van der Waals surface area contributed by atoms with Crippen LogP contribution >= 0.6 is 0 Å². The summed E-state index contributed by atoms with van der Waals surface area (Å²) in [7, 11) is 0. The van der Waals surface area contributed by atoms with E-state index >= 15 is 0 Å². The molecule has 0 radical (unpaired) electrons. The van der Waals surface area contributed by atoms with Gasteiger partial charge in [-0.15, -0.1) is 5.10 Å². The van der Waals surface area contributed by atoms with Gasteiger partial charge in [0.25, 0.3) is 11.5 Å². The average Bonchev–Trinajstić information content (AvgIpc) is 3.03. The van der Waals surface area contributed by atoms with Crippen LogP contribution in [0.3, 0.4) is 0 Å². The molecule has 0 saturated heterocycles. The molecular weight excluding hydrogens is 377 g/mol. The molecule has 1 unspecified atom stereocenters. The lowest BCUT2D eigenvalue weighted by molar-refractivity contribution is -0.127. The molecule has 0 aliphatic rings. The van der Waals surface area contributed by atoms with Crippen molar-refractivity contribution in [2.24, 2.45) is 0 Å². The van der Waals surface area contributed by atoms with Crippen molar-refractivity contribution in [1.29, 1.82) is 0 Å². The Morgan fingerprint density at radius 1 is 1.17 bits per heavy atom. The summed E-state index contributed by atoms with van der Waals surface area (Å²) in [5, 5.41) is 11.4. The van der Waals surface area contributed by atoms with E-state index in [0.717, 1.165) is 11.4 Å². The number of hydrogen-bond acceptors (Lipinski definition) is 5. The highest BCUT2D eigenvalue weighted by Gasteiger charge is 2.14. The summed E-state index contributed by atoms with van der Waals surface area (Å²) in [6, 6.07) is 10.4. The zero-order chi connectivity index (χ0) is 21.0. The lowest BCUT2D eigenvalue weighted by Crippen LogP contribution is -2.39. The smallest absolute Gasteiger partial charge is 0.266 e. The molecule has 0 aliphatic heterocycles. The van der Waals surface area contributed by atoms with E-state index < -0.39 is 6.10 Å². The number of aryl methyl sites for hydroxylation is 2. The molecule has 1 atom stereocenters. The van der Waals surface area contributed by atoms with Crippen molar-refractivity contribution in [3.8, 4) is 11.6 Å². The molecule has 3 rings (SSSR count). The fourth-order valence-electron chi connectivity index (χ4n) is 2.77. The van der Waals surface area contributed by atoms with Gasteiger partial charge in [0.1, 0.15) is 11.6 Å². The molecule has 0 spiro atoms. The summed E-state index contributed by atoms with van der Waals surface area (Å²) in [4.78, 5) is 24.3. The first-order valence-corrected chi connectivity index (χ1v) is 9.15. The topological polar surface area (TPSA) is 91.0 Å². The van der Waals surface area contributed by atoms with Crippen LogP contribution in [0, 0.1) is 19.7 Å². The Kier molecular flexibility index (Phi) is 6.06. The van der Waals surface area contributed by atoms with Crippen LogP contribution < -0.4 is 15.6 Å². The molecule has 8 nitrogen and oxygen atoms in total. The van der Waals surface area contributed by atoms with Crippen molar-refractivity contribution in [2.75, 3.05) is 6.54 Å². The minimum atomic E-state index is -0.772. The Bertz CT molecular complexity index is 1060. The van der Waals surface area contributed by atoms with Gasteiger partial charge in [0.2, 0.25) is 0 Å². The lowest BCUT2D eigenvalue weighted by Gasteiger charge is -2.15. The maximum Gasteiger partial charge on any atom is 0.266 e. The van der Waals surface area contributed by atoms with Crippen molar-refractivity contribution in [3.05, 3.63) is 70.0 Å². The first-order chi connectivity index (χ1) is 13.8. The van der Waals surface area contributed by atoms with Crippen LogP contribution in [0.2, 0.25) is 0 Å². The highest BCUT2D eigenvalue weighted by atomic mass is 19.1. The Balaban J connectivity index is 1.59. The highest BCUT2D eigenvalue weighted by molar-refractivity contribution is 5.80. The number of nitrogens with one attached hydrogen (secondary N) is 1. The Hall–Kier alpha value is -3.49. The van der Waals surface area contributed by atoms with Gasteiger partial charge >= 0.3 is 0 Å². The van der Waals surface area contributed by atoms with Gasteiger partial charge < -0.3 is 10.1 Å². The molecular formula is C20H22FN5O3. The quantitative estimate of drug-likeness (QED) is 0.654. The van der Waals surface area contributed by atoms with Crippen molar-refractivity contribution in [1.82, 2.24) is 24.9 Å². The largest absolute Gasteiger partial charge is 0.481 e. The number of aromatic nitrogens is 4. The molecule has 2 heterocycles. The molecule has 0 saturated carbocycles. The van der Waals surface area contributed by atoms with Gasteiger partial charge in [-0.05, 0) is 57.2 Å². The van der Waals surface area contributed by atoms with Gasteiger partial charge in [-0.3, -0.25) is 9.59 Å². The fraction of sp³-hybridized carbons (Fsp3) is 0.300. The molecule has 29 heavy (non-hydrogen) atoms. The number of carbonyl (C=O) groups excluding carboxylic acids is 1. The molecule has 0 aliphatic carbocycles. The summed E-state index contributed by atoms with van der Waals surface area (Å²) >= 11 is 0. The second-order valence-electron chi connectivity index (χ2n) is 6.60. The van der Waals surface area contributed by atoms with E-state index in [1.54, 1.807) is 17.7 Å². The fourth-order valence-corrected chi connectivity index (χ4v) is 2.77. The summed E-state index contributed by atoms with van der Waals surface area (Å²) in [6.07, 6.45) is -0.772. The van der Waals surface area contributed by atoms with E-state index in [1.807, 2.05) is 19.9 Å². The van der Waals surface area contributed by atoms with Gasteiger partial charge in [-0.25, -0.2) is 13.8 Å². The first-order valence-electron chi connectivity index (χ1n) is 9.15. The van der Waals surface area contributed by atoms with E-state index in [1.165, 1.54) is 35.0 Å². The normalized spacial score (nSPS) is 11.9. The molecule has 152 valence electrons. The number of hydrogen-bond donors (Lipinski definition) is 1. The Morgan fingerprint density at radius 2 is 1.90 bits per heavy atom. The van der Waals surface area contributed by atoms with Crippen LogP contribution in [0.5, 0.6) is 5.75 Å². The van der Waals surface area contributed by atoms with Crippen molar-refractivity contribution < 1.29 is 13.9 Å². The Morgan fingerprint density at radius 3 is 2.55 bits per heavy atom. The van der Waals surface area contributed by atoms with E-state index in [9.17, 15) is 14.0 Å². The van der Waals surface area contributed by atoms with E-state index in [0.29, 0.717) is 11.6 Å². The van der Waals surface area contributed by atoms with E-state index in [-0.39, 0.29) is 30.4 Å². The maximum atomic E-state index is 12.9. The summed E-state index contributed by atoms with van der Waals surface area (Å²) < 4.78 is 21.3. The third kappa shape index (κ3) is 5.07. The highest BCUT2D eigenvalue weighted by Crippen LogP contribution is 2.13. The average molecular weight is 399 g/mol. The molecule has 1 N–H and O–H groups in total. The van der Waals surface area contributed by atoms with Gasteiger partial charge in [0.05, 0.1) is 12.2 Å². The van der Waals surface area contributed by atoms with Crippen molar-refractivity contribution >= 4 is 5.91 Å². The number of amides is 1. The van der Waals surface area contributed by atoms with E-state index in [4.69, 9.17) is 4.74 Å². The number of rotatable bonds is 7. The van der Waals surface area contributed by atoms with Crippen molar-refractivity contribution in [3.63, 3.8) is 0 Å². The van der Waals surface area contributed by atoms with Gasteiger partial charge in [-0.1, -0.05) is 0 Å². The van der Waals surface area contributed by atoms with Gasteiger partial charge in [0, 0.05) is 18.3 Å². The van der Waals surface area contributed by atoms with Crippen LogP contribution in [-0.2, 0) is 11.3 Å². The van der Waals surface area contributed by atoms with Gasteiger partial charge in [-0.2, -0.15) is 5.10 Å². The number of carbonyl (C=O) groups is 1. The lowest BCUT2D eigenvalue weighted by atomic mass is 10.3. The molecule has 1 amide bonds. The zero-order valence-corrected chi connectivity index (χ0v) is 16.4. The predicted molar refractivity (Wildman–Crippen MR) is 105 cm³/mol. The van der Waals surface area contributed by atoms with E-state index in [2.05, 4.69) is 15.5 Å². The summed E-state index contributed by atoms with van der Waals surface area (Å²) in [5.74, 6) is 0.186. The minimum absolute atomic E-state index is 0.195. The van der Waals surface area contributed by atoms with Crippen LogP contribution in [0.1, 0.15) is 18.3 Å². The number of benzene rings is 1. The molecule has 0 bridgehead atoms. The van der Waals surface area contributed by atoms with Crippen molar-refractivity contribution in [2.45, 2.75) is 33.4 Å². The number of nitrogens with zero attached hydrogens (tertiary/aromatic N) is 4. The number of ether oxygens (including phenoxy) is 1. The zero-order valence-electron chi connectivity index (χ0n) is 16.4. The summed E-state index contributed by atoms with van der Waals surface area (Å²) in [5.41, 5.74) is 1.48. The Labute approximate surface area is 166 Å². The molecule has 9 heteroatoms. The molecule has 1 aromatic carbocycles. The monoisotopic (exact) mass is 399 g/mol. The maximum absolute atomic E-state index is 12.9. The van der Waals surface area contributed by atoms with Crippen LogP contribution in [-0.4, -0.2) is 38.1 Å². The molecule has 3 aromatic rings. The number of halogens is 1. The predicted octanol–water partition coefficient (Wildman–Crippen LogP) is 1.77. The third-order valence-electron chi connectivity index (χ3n) is 4.20. The molecule has 0 fully saturated rings. The van der Waals surface area contributed by atoms with Crippen LogP contribution in [0.4, 0.5) is 4.39 Å². The molecule has 2 aromatic heterocycles. The van der Waals surface area contributed by atoms with Crippen LogP contribution in [0.15, 0.2) is 47.3 Å². The summed E-state index contributed by atoms with van der Waals surface area (Å²) in [6.45, 7) is 5.76. The minimum Gasteiger partial charge on any atom is -0.481 e. The van der Waals surface area contributed by atoms with Gasteiger partial charge in [0.15, 0.2) is 11.9 Å². The third-order valence-corrected chi connectivity index (χ3v) is 4.20. The second-order valence-corrected chi connectivity index (χ2v) is 6.60. The SMILES string of the molecule is Cc1cc(C)n(-c2ccc(=O)n(CCNC(=O)C(C)Oc3ccc(F)cc3)n2)n1. The van der Waals surface area contributed by atoms with Crippen LogP contribution in [0.25, 0.3) is 5.82 Å². The first kappa shape index (κ1) is 20.2. The standard InChI is InChI=1S/C20H22FN5O3/c1-13-12-14(2)26(23-13)18-8-9-19(27)25(24-18)11-10-22-20(28)15(3)29-17-6-4-16(21)5-7-17/h4-9,12,15H,10-11H2,1-3H3,(H,22,28). The second kappa shape index (κ2) is 8.68.